The van der Waals surface area contributed by atoms with E-state index in [1.54, 1.807) is 0 Å². The van der Waals surface area contributed by atoms with Crippen molar-refractivity contribution in [2.24, 2.45) is 10.4 Å². The minimum absolute atomic E-state index is 0.0461. The summed E-state index contributed by atoms with van der Waals surface area (Å²) in [5.41, 5.74) is 0.268. The van der Waals surface area contributed by atoms with Gasteiger partial charge in [-0.2, -0.15) is 0 Å². The Kier molecular flexibility index (Phi) is 5.73. The van der Waals surface area contributed by atoms with Crippen LogP contribution in [0.4, 0.5) is 8.78 Å². The van der Waals surface area contributed by atoms with Gasteiger partial charge in [0.05, 0.1) is 13.2 Å². The number of nitrogens with one attached hydrogen (secondary N) is 1. The molecule has 0 radical (unpaired) electrons. The maximum absolute atomic E-state index is 13.5. The molecule has 1 aromatic carbocycles. The number of aliphatic imine (C=N–C) groups is 1. The molecule has 138 valence electrons. The molecule has 0 aromatic heterocycles. The Morgan fingerprint density at radius 1 is 1.40 bits per heavy atom. The lowest BCUT2D eigenvalue weighted by Gasteiger charge is -2.25. The summed E-state index contributed by atoms with van der Waals surface area (Å²) in [5.74, 6) is -0.408. The van der Waals surface area contributed by atoms with Crippen molar-refractivity contribution >= 4 is 5.96 Å². The van der Waals surface area contributed by atoms with Gasteiger partial charge in [-0.05, 0) is 31.9 Å². The summed E-state index contributed by atoms with van der Waals surface area (Å²) >= 11 is 0. The Balaban J connectivity index is 1.53. The van der Waals surface area contributed by atoms with Crippen LogP contribution in [0, 0.1) is 17.0 Å². The predicted octanol–water partition coefficient (Wildman–Crippen LogP) is 2.42. The van der Waals surface area contributed by atoms with E-state index in [0.717, 1.165) is 57.7 Å². The van der Waals surface area contributed by atoms with Gasteiger partial charge in [-0.15, -0.1) is 0 Å². The van der Waals surface area contributed by atoms with Crippen molar-refractivity contribution in [3.05, 3.63) is 29.8 Å². The van der Waals surface area contributed by atoms with Crippen molar-refractivity contribution in [2.45, 2.75) is 19.8 Å². The Morgan fingerprint density at radius 3 is 3.00 bits per heavy atom. The van der Waals surface area contributed by atoms with Crippen LogP contribution in [0.3, 0.4) is 0 Å². The van der Waals surface area contributed by atoms with E-state index in [2.05, 4.69) is 15.2 Å². The van der Waals surface area contributed by atoms with Gasteiger partial charge in [-0.25, -0.2) is 13.8 Å². The molecule has 1 aromatic rings. The first-order chi connectivity index (χ1) is 12.1. The number of ether oxygens (including phenoxy) is 2. The lowest BCUT2D eigenvalue weighted by atomic mass is 9.87. The van der Waals surface area contributed by atoms with Gasteiger partial charge >= 0.3 is 0 Å². The van der Waals surface area contributed by atoms with Gasteiger partial charge in [0.15, 0.2) is 17.5 Å². The molecule has 2 aliphatic heterocycles. The standard InChI is InChI=1S/C18H25F2N3O2/c1-2-21-17(23-8-5-18(12-23)6-9-24-13-18)22-7-10-25-16-4-3-14(19)11-15(16)20/h3-4,11H,2,5-10,12-13H2,1H3,(H,21,22). The van der Waals surface area contributed by atoms with Crippen molar-refractivity contribution in [3.63, 3.8) is 0 Å². The van der Waals surface area contributed by atoms with Crippen LogP contribution in [0.1, 0.15) is 19.8 Å². The summed E-state index contributed by atoms with van der Waals surface area (Å²) in [6, 6.07) is 3.29. The van der Waals surface area contributed by atoms with Crippen LogP contribution in [-0.4, -0.2) is 56.9 Å². The van der Waals surface area contributed by atoms with E-state index in [1.807, 2.05) is 6.92 Å². The third kappa shape index (κ3) is 4.39. The average molecular weight is 353 g/mol. The number of hydrogen-bond acceptors (Lipinski definition) is 3. The zero-order chi connectivity index (χ0) is 17.7. The van der Waals surface area contributed by atoms with Gasteiger partial charge in [-0.3, -0.25) is 0 Å². The molecule has 3 rings (SSSR count). The Bertz CT molecular complexity index is 618. The molecule has 0 saturated carbocycles. The molecule has 0 amide bonds. The summed E-state index contributed by atoms with van der Waals surface area (Å²) in [5, 5.41) is 3.30. The number of rotatable bonds is 5. The number of hydrogen-bond donors (Lipinski definition) is 1. The zero-order valence-corrected chi connectivity index (χ0v) is 14.6. The normalized spacial score (nSPS) is 23.5. The molecule has 2 fully saturated rings. The monoisotopic (exact) mass is 353 g/mol. The van der Waals surface area contributed by atoms with Gasteiger partial charge in [0.25, 0.3) is 0 Å². The van der Waals surface area contributed by atoms with Crippen LogP contribution in [0.15, 0.2) is 23.2 Å². The largest absolute Gasteiger partial charge is 0.489 e. The van der Waals surface area contributed by atoms with E-state index in [0.29, 0.717) is 6.54 Å². The molecule has 7 heteroatoms. The Hall–Kier alpha value is -1.89. The number of guanidine groups is 1. The second-order valence-corrected chi connectivity index (χ2v) is 6.63. The summed E-state index contributed by atoms with van der Waals surface area (Å²) in [6.07, 6.45) is 2.23. The van der Waals surface area contributed by atoms with Gasteiger partial charge in [0, 0.05) is 37.7 Å². The molecule has 2 heterocycles. The molecule has 2 saturated heterocycles. The highest BCUT2D eigenvalue weighted by Crippen LogP contribution is 2.38. The summed E-state index contributed by atoms with van der Waals surface area (Å²) < 4.78 is 37.4. The molecule has 0 aliphatic carbocycles. The molecule has 25 heavy (non-hydrogen) atoms. The first-order valence-electron chi connectivity index (χ1n) is 8.81. The molecule has 0 bridgehead atoms. The number of halogens is 2. The van der Waals surface area contributed by atoms with Crippen LogP contribution in [0.2, 0.25) is 0 Å². The third-order valence-corrected chi connectivity index (χ3v) is 4.76. The zero-order valence-electron chi connectivity index (χ0n) is 14.6. The topological polar surface area (TPSA) is 46.1 Å². The van der Waals surface area contributed by atoms with Crippen LogP contribution in [0.5, 0.6) is 5.75 Å². The fraction of sp³-hybridized carbons (Fsp3) is 0.611. The van der Waals surface area contributed by atoms with E-state index >= 15 is 0 Å². The molecular weight excluding hydrogens is 328 g/mol. The average Bonchev–Trinajstić information content (AvgIpc) is 3.22. The van der Waals surface area contributed by atoms with E-state index in [4.69, 9.17) is 9.47 Å². The summed E-state index contributed by atoms with van der Waals surface area (Å²) in [7, 11) is 0. The molecule has 1 spiro atoms. The minimum Gasteiger partial charge on any atom is -0.489 e. The van der Waals surface area contributed by atoms with E-state index in [1.165, 1.54) is 12.1 Å². The fourth-order valence-electron chi connectivity index (χ4n) is 3.41. The quantitative estimate of drug-likeness (QED) is 0.502. The van der Waals surface area contributed by atoms with E-state index in [-0.39, 0.29) is 17.8 Å². The highest BCUT2D eigenvalue weighted by molar-refractivity contribution is 5.80. The highest BCUT2D eigenvalue weighted by Gasteiger charge is 2.42. The van der Waals surface area contributed by atoms with E-state index < -0.39 is 11.6 Å². The highest BCUT2D eigenvalue weighted by atomic mass is 19.1. The van der Waals surface area contributed by atoms with Gasteiger partial charge < -0.3 is 19.7 Å². The predicted molar refractivity (Wildman–Crippen MR) is 91.9 cm³/mol. The maximum Gasteiger partial charge on any atom is 0.194 e. The minimum atomic E-state index is -0.696. The number of likely N-dealkylation sites (tertiary alicyclic amines) is 1. The molecular formula is C18H25F2N3O2. The van der Waals surface area contributed by atoms with Crippen LogP contribution < -0.4 is 10.1 Å². The summed E-state index contributed by atoms with van der Waals surface area (Å²) in [6.45, 7) is 7.04. The first kappa shape index (κ1) is 17.9. The van der Waals surface area contributed by atoms with Gasteiger partial charge in [0.1, 0.15) is 12.4 Å². The van der Waals surface area contributed by atoms with Crippen molar-refractivity contribution in [1.29, 1.82) is 0 Å². The van der Waals surface area contributed by atoms with Gasteiger partial charge in [-0.1, -0.05) is 0 Å². The first-order valence-corrected chi connectivity index (χ1v) is 8.81. The summed E-state index contributed by atoms with van der Waals surface area (Å²) in [4.78, 5) is 6.84. The van der Waals surface area contributed by atoms with Crippen LogP contribution in [0.25, 0.3) is 0 Å². The Labute approximate surface area is 147 Å². The lowest BCUT2D eigenvalue weighted by Crippen LogP contribution is -2.41. The fourth-order valence-corrected chi connectivity index (χ4v) is 3.41. The second kappa shape index (κ2) is 7.99. The lowest BCUT2D eigenvalue weighted by molar-refractivity contribution is 0.156. The van der Waals surface area contributed by atoms with Crippen molar-refractivity contribution in [2.75, 3.05) is 46.0 Å². The van der Waals surface area contributed by atoms with Crippen molar-refractivity contribution in [1.82, 2.24) is 10.2 Å². The van der Waals surface area contributed by atoms with Crippen LogP contribution >= 0.6 is 0 Å². The Morgan fingerprint density at radius 2 is 2.28 bits per heavy atom. The SMILES string of the molecule is CCNC(=NCCOc1ccc(F)cc1F)N1CCC2(CCOC2)C1. The third-order valence-electron chi connectivity index (χ3n) is 4.76. The second-order valence-electron chi connectivity index (χ2n) is 6.63. The number of nitrogens with zero attached hydrogens (tertiary/aromatic N) is 2. The number of benzene rings is 1. The molecule has 2 aliphatic rings. The molecule has 1 atom stereocenters. The smallest absolute Gasteiger partial charge is 0.194 e. The molecule has 5 nitrogen and oxygen atoms in total. The van der Waals surface area contributed by atoms with E-state index in [9.17, 15) is 8.78 Å². The van der Waals surface area contributed by atoms with Crippen LogP contribution in [-0.2, 0) is 4.74 Å². The molecule has 1 unspecified atom stereocenters. The van der Waals surface area contributed by atoms with Gasteiger partial charge in [0.2, 0.25) is 0 Å². The van der Waals surface area contributed by atoms with Crippen molar-refractivity contribution in [3.8, 4) is 5.75 Å². The maximum atomic E-state index is 13.5. The van der Waals surface area contributed by atoms with Crippen molar-refractivity contribution < 1.29 is 18.3 Å². The molecule has 1 N–H and O–H groups in total.